The van der Waals surface area contributed by atoms with Crippen LogP contribution in [0.2, 0.25) is 0 Å². The van der Waals surface area contributed by atoms with E-state index in [1.165, 1.54) is 402 Å². The Labute approximate surface area is 582 Å². The number of rotatable bonds is 0. The summed E-state index contributed by atoms with van der Waals surface area (Å²) in [5.41, 5.74) is 7.03. The van der Waals surface area contributed by atoms with Crippen molar-refractivity contribution < 1.29 is 0 Å². The fourth-order valence-electron chi connectivity index (χ4n) is 19.7. The second-order valence-corrected chi connectivity index (χ2v) is 35.5. The molecule has 0 aromatic carbocycles. The Balaban J connectivity index is 0.0000000948. The molecule has 96 heavy (non-hydrogen) atoms. The molecular formula is C74H146N22. The summed E-state index contributed by atoms with van der Waals surface area (Å²) in [7, 11) is 0. The van der Waals surface area contributed by atoms with Crippen LogP contribution in [0.15, 0.2) is 0 Å². The molecule has 2 aliphatic carbocycles. The van der Waals surface area contributed by atoms with Crippen molar-refractivity contribution in [3.8, 4) is 0 Å². The molecule has 0 aromatic heterocycles. The third-order valence-electron chi connectivity index (χ3n) is 28.4. The van der Waals surface area contributed by atoms with Crippen molar-refractivity contribution in [2.24, 2.45) is 21.7 Å². The highest BCUT2D eigenvalue weighted by Crippen LogP contribution is 2.44. The monoisotopic (exact) mass is 1340 g/mol. The van der Waals surface area contributed by atoms with Crippen LogP contribution in [0.3, 0.4) is 0 Å². The lowest BCUT2D eigenvalue weighted by atomic mass is 9.65. The van der Waals surface area contributed by atoms with Gasteiger partial charge in [-0.1, -0.05) is 12.8 Å². The predicted molar refractivity (Wildman–Crippen MR) is 395 cm³/mol. The Hall–Kier alpha value is -0.880. The zero-order chi connectivity index (χ0) is 65.4. The minimum Gasteiger partial charge on any atom is -0.316 e. The first-order valence-corrected chi connectivity index (χ1v) is 41.0. The molecular weight excluding hydrogens is 1200 g/mol. The highest BCUT2D eigenvalue weighted by Gasteiger charge is 2.47. The minimum absolute atomic E-state index is 0.389. The van der Waals surface area contributed by atoms with Gasteiger partial charge in [0.15, 0.2) is 0 Å². The van der Waals surface area contributed by atoms with E-state index in [4.69, 9.17) is 0 Å². The normalized spacial score (nSPS) is 37.0. The summed E-state index contributed by atoms with van der Waals surface area (Å²) < 4.78 is 0. The fraction of sp³-hybridized carbons (Fsp3) is 1.00. The summed E-state index contributed by atoms with van der Waals surface area (Å²) in [5, 5.41) is 74.9. The molecule has 4 unspecified atom stereocenters. The first kappa shape index (κ1) is 73.4. The average molecular weight is 1340 g/mol. The first-order valence-electron chi connectivity index (χ1n) is 41.0. The molecule has 24 aliphatic rings. The second kappa shape index (κ2) is 33.9. The third kappa shape index (κ3) is 19.2. The van der Waals surface area contributed by atoms with Crippen LogP contribution in [0.1, 0.15) is 186 Å². The maximum atomic E-state index is 3.57. The molecule has 24 rings (SSSR count). The molecule has 22 saturated heterocycles. The van der Waals surface area contributed by atoms with Gasteiger partial charge in [-0.2, -0.15) is 0 Å². The van der Waals surface area contributed by atoms with E-state index in [-0.39, 0.29) is 0 Å². The predicted octanol–water partition coefficient (Wildman–Crippen LogP) is 0.176. The SMILES string of the molecule is C1CC2(C1)CNC2.C1CC2(C1)CNC2.C1CC2(CCN2)CN1.C1CC2(CCN2)N1.C1CC2(CCNC2)CN1.C1CC2(CN1)CNC2.C1CC2(CNC2)N1.C1CNC2(C1)CCCN2.C1CNC2(C1)CCN2.C1CNC2(C1)CCNC2.C1CNC2(C1)CCNC2.C1CNC2(C1)CNC2. The van der Waals surface area contributed by atoms with Gasteiger partial charge in [-0.05, 0) is 301 Å². The molecule has 552 valence electrons. The largest absolute Gasteiger partial charge is 0.316 e. The summed E-state index contributed by atoms with van der Waals surface area (Å²) in [6, 6.07) is 0. The van der Waals surface area contributed by atoms with Crippen LogP contribution in [0.5, 0.6) is 0 Å². The minimum atomic E-state index is 0.389. The van der Waals surface area contributed by atoms with Crippen molar-refractivity contribution in [3.63, 3.8) is 0 Å². The topological polar surface area (TPSA) is 265 Å². The van der Waals surface area contributed by atoms with E-state index in [9.17, 15) is 0 Å². The van der Waals surface area contributed by atoms with E-state index in [1.54, 1.807) is 0 Å². The van der Waals surface area contributed by atoms with E-state index < -0.39 is 0 Å². The van der Waals surface area contributed by atoms with Gasteiger partial charge < -0.3 is 85.1 Å². The number of hydrogen-bond acceptors (Lipinski definition) is 22. The van der Waals surface area contributed by atoms with Crippen molar-refractivity contribution in [1.29, 1.82) is 0 Å². The molecule has 0 amide bonds. The maximum Gasteiger partial charge on any atom is 0.0711 e. The van der Waals surface area contributed by atoms with Crippen LogP contribution in [-0.4, -0.2) is 261 Å². The van der Waals surface area contributed by atoms with E-state index in [1.807, 2.05) is 0 Å². The lowest BCUT2D eigenvalue weighted by Crippen LogP contribution is -2.74. The van der Waals surface area contributed by atoms with E-state index in [0.29, 0.717) is 55.5 Å². The van der Waals surface area contributed by atoms with Gasteiger partial charge >= 0.3 is 0 Å². The zero-order valence-corrected chi connectivity index (χ0v) is 60.8. The van der Waals surface area contributed by atoms with Gasteiger partial charge in [0.1, 0.15) is 0 Å². The molecule has 22 heterocycles. The Morgan fingerprint density at radius 2 is 0.354 bits per heavy atom. The Kier molecular flexibility index (Phi) is 25.9. The molecule has 22 aliphatic heterocycles. The Morgan fingerprint density at radius 3 is 0.490 bits per heavy atom. The van der Waals surface area contributed by atoms with Crippen LogP contribution in [0, 0.1) is 21.7 Å². The molecule has 22 N–H and O–H groups in total. The smallest absolute Gasteiger partial charge is 0.0711 e. The van der Waals surface area contributed by atoms with Gasteiger partial charge in [-0.25, -0.2) is 0 Å². The van der Waals surface area contributed by atoms with Crippen molar-refractivity contribution in [2.75, 3.05) is 216 Å². The average Bonchev–Trinajstić information content (AvgIpc) is 1.63. The van der Waals surface area contributed by atoms with E-state index in [0.717, 1.165) is 10.8 Å². The van der Waals surface area contributed by atoms with Crippen LogP contribution in [0.25, 0.3) is 0 Å². The maximum absolute atomic E-state index is 3.57. The fourth-order valence-corrected chi connectivity index (χ4v) is 19.7. The van der Waals surface area contributed by atoms with Crippen LogP contribution < -0.4 is 117 Å². The van der Waals surface area contributed by atoms with Gasteiger partial charge in [-0.3, -0.25) is 31.9 Å². The molecule has 2 saturated carbocycles. The Bertz CT molecular complexity index is 1750. The van der Waals surface area contributed by atoms with Gasteiger partial charge in [0.25, 0.3) is 0 Å². The van der Waals surface area contributed by atoms with Crippen LogP contribution in [0.4, 0.5) is 0 Å². The van der Waals surface area contributed by atoms with Crippen molar-refractivity contribution >= 4 is 0 Å². The summed E-state index contributed by atoms with van der Waals surface area (Å²) in [5.74, 6) is 0. The van der Waals surface area contributed by atoms with Gasteiger partial charge in [0, 0.05) is 138 Å². The standard InChI is InChI=1S/4C7H14N2.4C6H12N2.2C6H11N.2C5H10N2/c1-3-8-5-7(1)2-4-9-6-7;1-3-7(8-5-1)4-2-6-9-7;2*1-2-7(9-4-1)3-5-8-6-7;1-3-7-5-6(1)2-4-8-6;1-2-7-3-6(1)4-8-5-6;1-2-6(7-4-1)3-5-8-6;1-2-6(8-3-1)4-7-5-6;2*1-2-6(3-1)4-7-5-6;1-3-6-5(1)2-4-7-5;1-2-7-5(1)3-6-4-5/h4*8-9H,1-6H2;4*7-8H,1-5H2;2*7H,1-5H2;2*6-7H,1-4H2. The third-order valence-corrected chi connectivity index (χ3v) is 28.4. The summed E-state index contributed by atoms with van der Waals surface area (Å²) in [6.07, 6.45) is 40.3. The molecule has 0 bridgehead atoms. The first-order chi connectivity index (χ1) is 47.0. The second-order valence-electron chi connectivity index (χ2n) is 35.5. The van der Waals surface area contributed by atoms with Gasteiger partial charge in [0.2, 0.25) is 0 Å². The molecule has 0 aromatic rings. The molecule has 24 fully saturated rings. The van der Waals surface area contributed by atoms with Crippen molar-refractivity contribution in [2.45, 2.75) is 231 Å². The summed E-state index contributed by atoms with van der Waals surface area (Å²) in [4.78, 5) is 0. The number of hydrogen-bond donors (Lipinski definition) is 22. The lowest BCUT2D eigenvalue weighted by molar-refractivity contribution is 0.0603. The quantitative estimate of drug-likeness (QED) is 0.154. The molecule has 0 radical (unpaired) electrons. The molecule has 4 atom stereocenters. The van der Waals surface area contributed by atoms with Crippen LogP contribution >= 0.6 is 0 Å². The molecule has 22 heteroatoms. The highest BCUT2D eigenvalue weighted by atomic mass is 15.3. The number of nitrogens with one attached hydrogen (secondary N) is 22. The Morgan fingerprint density at radius 1 is 0.125 bits per heavy atom. The molecule has 12 spiro atoms. The zero-order valence-electron chi connectivity index (χ0n) is 60.8. The van der Waals surface area contributed by atoms with Crippen LogP contribution in [-0.2, 0) is 0 Å². The highest BCUT2D eigenvalue weighted by molar-refractivity contribution is 5.08. The molecule has 22 nitrogen and oxygen atoms in total. The van der Waals surface area contributed by atoms with E-state index in [2.05, 4.69) is 117 Å². The summed E-state index contributed by atoms with van der Waals surface area (Å²) in [6.45, 7) is 40.7. The van der Waals surface area contributed by atoms with Gasteiger partial charge in [0.05, 0.1) is 17.0 Å². The van der Waals surface area contributed by atoms with E-state index >= 15 is 0 Å². The van der Waals surface area contributed by atoms with Crippen molar-refractivity contribution in [1.82, 2.24) is 117 Å². The lowest BCUT2D eigenvalue weighted by Gasteiger charge is -2.51. The van der Waals surface area contributed by atoms with Gasteiger partial charge in [-0.15, -0.1) is 0 Å². The summed E-state index contributed by atoms with van der Waals surface area (Å²) >= 11 is 0. The van der Waals surface area contributed by atoms with Crippen molar-refractivity contribution in [3.05, 3.63) is 0 Å².